The summed E-state index contributed by atoms with van der Waals surface area (Å²) in [7, 11) is 0. The minimum absolute atomic E-state index is 0.203. The van der Waals surface area contributed by atoms with E-state index in [9.17, 15) is 19.2 Å². The van der Waals surface area contributed by atoms with E-state index in [0.717, 1.165) is 30.6 Å². The van der Waals surface area contributed by atoms with Crippen LogP contribution in [-0.2, 0) is 14.3 Å². The molecule has 0 aliphatic carbocycles. The molecule has 1 saturated heterocycles. The molecule has 1 aromatic rings. The standard InChI is InChI=1S/C21H26N2O5S/c1-14(18(24)22-11-7-3-4-8-12-22)28-21(27)17(13-29-2)23-19(25)15-9-5-6-10-16(15)20(23)26/h5-6,9-10,14,17H,3-4,7-8,11-13H2,1-2H3/t14-,17+/m0/s1. The monoisotopic (exact) mass is 418 g/mol. The number of ether oxygens (including phenoxy) is 1. The lowest BCUT2D eigenvalue weighted by Gasteiger charge is -2.27. The Morgan fingerprint density at radius 3 is 2.10 bits per heavy atom. The number of nitrogens with zero attached hydrogens (tertiary/aromatic N) is 2. The first-order chi connectivity index (χ1) is 14.0. The molecule has 0 saturated carbocycles. The fraction of sp³-hybridized carbons (Fsp3) is 0.524. The Balaban J connectivity index is 1.72. The number of benzene rings is 1. The van der Waals surface area contributed by atoms with Gasteiger partial charge in [0.05, 0.1) is 11.1 Å². The maximum absolute atomic E-state index is 12.9. The number of likely N-dealkylation sites (tertiary alicyclic amines) is 1. The van der Waals surface area contributed by atoms with Gasteiger partial charge >= 0.3 is 5.97 Å². The summed E-state index contributed by atoms with van der Waals surface area (Å²) in [6, 6.07) is 5.43. The van der Waals surface area contributed by atoms with Crippen LogP contribution >= 0.6 is 11.8 Å². The van der Waals surface area contributed by atoms with Gasteiger partial charge in [-0.2, -0.15) is 11.8 Å². The third kappa shape index (κ3) is 4.47. The molecule has 7 nitrogen and oxygen atoms in total. The second-order valence-electron chi connectivity index (χ2n) is 7.32. The number of hydrogen-bond acceptors (Lipinski definition) is 6. The lowest BCUT2D eigenvalue weighted by atomic mass is 10.1. The second-order valence-corrected chi connectivity index (χ2v) is 8.23. The number of carbonyl (C=O) groups excluding carboxylic acids is 4. The molecule has 0 radical (unpaired) electrons. The van der Waals surface area contributed by atoms with Crippen LogP contribution in [0.15, 0.2) is 24.3 Å². The van der Waals surface area contributed by atoms with E-state index in [-0.39, 0.29) is 22.8 Å². The molecule has 0 spiro atoms. The van der Waals surface area contributed by atoms with Crippen LogP contribution < -0.4 is 0 Å². The van der Waals surface area contributed by atoms with Crippen molar-refractivity contribution in [3.8, 4) is 0 Å². The molecule has 2 aliphatic rings. The molecule has 2 aliphatic heterocycles. The summed E-state index contributed by atoms with van der Waals surface area (Å²) < 4.78 is 5.44. The molecule has 1 fully saturated rings. The molecule has 2 heterocycles. The fourth-order valence-electron chi connectivity index (χ4n) is 3.75. The zero-order chi connectivity index (χ0) is 21.0. The van der Waals surface area contributed by atoms with Gasteiger partial charge in [0, 0.05) is 18.8 Å². The van der Waals surface area contributed by atoms with Crippen molar-refractivity contribution < 1.29 is 23.9 Å². The Labute approximate surface area is 174 Å². The van der Waals surface area contributed by atoms with Crippen LogP contribution in [0.3, 0.4) is 0 Å². The van der Waals surface area contributed by atoms with E-state index in [0.29, 0.717) is 13.1 Å². The number of imide groups is 1. The quantitative estimate of drug-likeness (QED) is 0.521. The topological polar surface area (TPSA) is 84.0 Å². The zero-order valence-electron chi connectivity index (χ0n) is 16.8. The highest BCUT2D eigenvalue weighted by atomic mass is 32.2. The SMILES string of the molecule is CSC[C@H](C(=O)O[C@@H](C)C(=O)N1CCCCCC1)N1C(=O)c2ccccc2C1=O. The highest BCUT2D eigenvalue weighted by Crippen LogP contribution is 2.26. The molecule has 156 valence electrons. The third-order valence-corrected chi connectivity index (χ3v) is 5.94. The van der Waals surface area contributed by atoms with Gasteiger partial charge in [-0.15, -0.1) is 0 Å². The molecule has 29 heavy (non-hydrogen) atoms. The minimum atomic E-state index is -1.07. The van der Waals surface area contributed by atoms with Crippen LogP contribution in [0.1, 0.15) is 53.3 Å². The van der Waals surface area contributed by atoms with Gasteiger partial charge in [0.15, 0.2) is 6.10 Å². The lowest BCUT2D eigenvalue weighted by Crippen LogP contribution is -2.49. The van der Waals surface area contributed by atoms with E-state index in [1.165, 1.54) is 11.8 Å². The van der Waals surface area contributed by atoms with Gasteiger partial charge in [-0.05, 0) is 38.2 Å². The zero-order valence-corrected chi connectivity index (χ0v) is 17.6. The van der Waals surface area contributed by atoms with Crippen molar-refractivity contribution in [3.05, 3.63) is 35.4 Å². The summed E-state index contributed by atoms with van der Waals surface area (Å²) in [6.07, 6.45) is 4.89. The first-order valence-electron chi connectivity index (χ1n) is 9.91. The smallest absolute Gasteiger partial charge is 0.331 e. The maximum atomic E-state index is 12.9. The van der Waals surface area contributed by atoms with Gasteiger partial charge in [0.25, 0.3) is 17.7 Å². The van der Waals surface area contributed by atoms with Gasteiger partial charge in [-0.3, -0.25) is 19.3 Å². The number of amides is 3. The largest absolute Gasteiger partial charge is 0.451 e. The van der Waals surface area contributed by atoms with Crippen molar-refractivity contribution in [1.29, 1.82) is 0 Å². The summed E-state index contributed by atoms with van der Waals surface area (Å²) >= 11 is 1.33. The average Bonchev–Trinajstić information content (AvgIpc) is 2.90. The van der Waals surface area contributed by atoms with E-state index in [1.54, 1.807) is 42.3 Å². The Kier molecular flexibility index (Phi) is 6.95. The number of hydrogen-bond donors (Lipinski definition) is 0. The Hall–Kier alpha value is -2.35. The molecule has 3 rings (SSSR count). The van der Waals surface area contributed by atoms with Crippen LogP contribution in [-0.4, -0.2) is 70.7 Å². The van der Waals surface area contributed by atoms with Crippen LogP contribution in [0.2, 0.25) is 0 Å². The average molecular weight is 419 g/mol. The molecule has 3 amide bonds. The lowest BCUT2D eigenvalue weighted by molar-refractivity contribution is -0.161. The molecular formula is C21H26N2O5S. The summed E-state index contributed by atoms with van der Waals surface area (Å²) in [4.78, 5) is 53.8. The van der Waals surface area contributed by atoms with E-state index >= 15 is 0 Å². The predicted octanol–water partition coefficient (Wildman–Crippen LogP) is 2.35. The predicted molar refractivity (Wildman–Crippen MR) is 110 cm³/mol. The first-order valence-corrected chi connectivity index (χ1v) is 11.3. The number of carbonyl (C=O) groups is 4. The molecule has 8 heteroatoms. The highest BCUT2D eigenvalue weighted by Gasteiger charge is 2.43. The Morgan fingerprint density at radius 2 is 1.59 bits per heavy atom. The van der Waals surface area contributed by atoms with Gasteiger partial charge in [-0.1, -0.05) is 25.0 Å². The van der Waals surface area contributed by atoms with Crippen LogP contribution in [0, 0.1) is 0 Å². The molecule has 0 bridgehead atoms. The van der Waals surface area contributed by atoms with E-state index in [1.807, 2.05) is 0 Å². The Morgan fingerprint density at radius 1 is 1.03 bits per heavy atom. The maximum Gasteiger partial charge on any atom is 0.331 e. The highest BCUT2D eigenvalue weighted by molar-refractivity contribution is 7.98. The van der Waals surface area contributed by atoms with E-state index in [2.05, 4.69) is 0 Å². The van der Waals surface area contributed by atoms with Crippen LogP contribution in [0.4, 0.5) is 0 Å². The van der Waals surface area contributed by atoms with E-state index in [4.69, 9.17) is 4.74 Å². The second kappa shape index (κ2) is 9.43. The van der Waals surface area contributed by atoms with Gasteiger partial charge in [-0.25, -0.2) is 4.79 Å². The number of esters is 1. The van der Waals surface area contributed by atoms with Gasteiger partial charge < -0.3 is 9.64 Å². The number of rotatable bonds is 6. The molecule has 0 N–H and O–H groups in total. The van der Waals surface area contributed by atoms with E-state index < -0.39 is 29.9 Å². The van der Waals surface area contributed by atoms with Crippen LogP contribution in [0.25, 0.3) is 0 Å². The third-order valence-electron chi connectivity index (χ3n) is 5.29. The first kappa shape index (κ1) is 21.4. The fourth-order valence-corrected chi connectivity index (χ4v) is 4.35. The summed E-state index contributed by atoms with van der Waals surface area (Å²) in [5, 5.41) is 0. The minimum Gasteiger partial charge on any atom is -0.451 e. The molecule has 1 aromatic carbocycles. The summed E-state index contributed by atoms with van der Waals surface area (Å²) in [5.74, 6) is -1.77. The summed E-state index contributed by atoms with van der Waals surface area (Å²) in [6.45, 7) is 2.87. The summed E-state index contributed by atoms with van der Waals surface area (Å²) in [5.41, 5.74) is 0.565. The van der Waals surface area contributed by atoms with Crippen molar-refractivity contribution >= 4 is 35.5 Å². The molecular weight excluding hydrogens is 392 g/mol. The van der Waals surface area contributed by atoms with Crippen molar-refractivity contribution in [2.24, 2.45) is 0 Å². The molecule has 0 aromatic heterocycles. The molecule has 2 atom stereocenters. The van der Waals surface area contributed by atoms with Crippen molar-refractivity contribution in [2.75, 3.05) is 25.1 Å². The Bertz CT molecular complexity index is 769. The molecule has 0 unspecified atom stereocenters. The number of fused-ring (bicyclic) bond motifs is 1. The van der Waals surface area contributed by atoms with Crippen molar-refractivity contribution in [1.82, 2.24) is 9.80 Å². The normalized spacial score (nSPS) is 18.8. The van der Waals surface area contributed by atoms with Gasteiger partial charge in [0.1, 0.15) is 6.04 Å². The van der Waals surface area contributed by atoms with Crippen molar-refractivity contribution in [3.63, 3.8) is 0 Å². The van der Waals surface area contributed by atoms with Crippen molar-refractivity contribution in [2.45, 2.75) is 44.8 Å². The number of thioether (sulfide) groups is 1. The van der Waals surface area contributed by atoms with Crippen LogP contribution in [0.5, 0.6) is 0 Å². The van der Waals surface area contributed by atoms with Gasteiger partial charge in [0.2, 0.25) is 0 Å².